The maximum absolute atomic E-state index is 6.17. The third kappa shape index (κ3) is 2.83. The van der Waals surface area contributed by atoms with Gasteiger partial charge in [0.05, 0.1) is 6.04 Å². The van der Waals surface area contributed by atoms with Crippen molar-refractivity contribution >= 4 is 0 Å². The lowest BCUT2D eigenvalue weighted by atomic mass is 10.0. The van der Waals surface area contributed by atoms with Crippen molar-refractivity contribution in [1.82, 2.24) is 9.97 Å². The van der Waals surface area contributed by atoms with E-state index < -0.39 is 0 Å². The second-order valence-electron chi connectivity index (χ2n) is 5.77. The van der Waals surface area contributed by atoms with Crippen LogP contribution in [0.15, 0.2) is 6.07 Å². The Bertz CT molecular complexity index is 374. The summed E-state index contributed by atoms with van der Waals surface area (Å²) >= 11 is 0. The fourth-order valence-corrected chi connectivity index (χ4v) is 1.84. The maximum Gasteiger partial charge on any atom is 0.145 e. The van der Waals surface area contributed by atoms with Crippen LogP contribution in [0.1, 0.15) is 75.6 Å². The molecule has 1 unspecified atom stereocenters. The van der Waals surface area contributed by atoms with Crippen molar-refractivity contribution in [3.8, 4) is 0 Å². The first kappa shape index (κ1) is 12.5. The van der Waals surface area contributed by atoms with E-state index in [4.69, 9.17) is 5.73 Å². The van der Waals surface area contributed by atoms with E-state index in [1.54, 1.807) is 0 Å². The van der Waals surface area contributed by atoms with Gasteiger partial charge in [-0.25, -0.2) is 9.97 Å². The van der Waals surface area contributed by atoms with Crippen molar-refractivity contribution in [2.24, 2.45) is 11.7 Å². The summed E-state index contributed by atoms with van der Waals surface area (Å²) in [5, 5.41) is 0. The van der Waals surface area contributed by atoms with Crippen LogP contribution >= 0.6 is 0 Å². The first-order chi connectivity index (χ1) is 7.99. The molecule has 0 bridgehead atoms. The summed E-state index contributed by atoms with van der Waals surface area (Å²) in [6.45, 7) is 8.58. The maximum atomic E-state index is 6.17. The third-order valence-electron chi connectivity index (χ3n) is 3.39. The molecule has 1 heterocycles. The van der Waals surface area contributed by atoms with Crippen LogP contribution in [0.25, 0.3) is 0 Å². The molecule has 2 rings (SSSR count). The van der Waals surface area contributed by atoms with Crippen LogP contribution in [0.4, 0.5) is 0 Å². The topological polar surface area (TPSA) is 51.8 Å². The summed E-state index contributed by atoms with van der Waals surface area (Å²) in [7, 11) is 0. The molecule has 17 heavy (non-hydrogen) atoms. The predicted molar refractivity (Wildman–Crippen MR) is 69.9 cm³/mol. The van der Waals surface area contributed by atoms with Gasteiger partial charge in [0.2, 0.25) is 0 Å². The molecule has 1 saturated carbocycles. The molecule has 0 saturated heterocycles. The molecule has 0 amide bonds. The molecule has 1 atom stereocenters. The molecule has 1 aliphatic carbocycles. The Hall–Kier alpha value is -0.960. The number of nitrogens with zero attached hydrogens (tertiary/aromatic N) is 2. The fraction of sp³-hybridized carbons (Fsp3) is 0.714. The fourth-order valence-electron chi connectivity index (χ4n) is 1.84. The van der Waals surface area contributed by atoms with Crippen LogP contribution in [0.5, 0.6) is 0 Å². The Morgan fingerprint density at radius 1 is 1.18 bits per heavy atom. The molecule has 94 valence electrons. The van der Waals surface area contributed by atoms with Crippen molar-refractivity contribution in [2.45, 2.75) is 58.4 Å². The van der Waals surface area contributed by atoms with Crippen LogP contribution in [-0.2, 0) is 0 Å². The third-order valence-corrected chi connectivity index (χ3v) is 3.39. The summed E-state index contributed by atoms with van der Waals surface area (Å²) in [6, 6.07) is 2.12. The molecule has 1 aromatic rings. The van der Waals surface area contributed by atoms with E-state index in [-0.39, 0.29) is 6.04 Å². The number of hydrogen-bond acceptors (Lipinski definition) is 3. The van der Waals surface area contributed by atoms with E-state index in [0.29, 0.717) is 17.8 Å². The van der Waals surface area contributed by atoms with E-state index in [9.17, 15) is 0 Å². The van der Waals surface area contributed by atoms with Crippen LogP contribution in [-0.4, -0.2) is 9.97 Å². The van der Waals surface area contributed by atoms with Gasteiger partial charge in [-0.3, -0.25) is 0 Å². The molecule has 2 N–H and O–H groups in total. The van der Waals surface area contributed by atoms with Gasteiger partial charge in [-0.05, 0) is 30.7 Å². The van der Waals surface area contributed by atoms with Gasteiger partial charge in [0, 0.05) is 17.3 Å². The van der Waals surface area contributed by atoms with Gasteiger partial charge in [0.1, 0.15) is 5.82 Å². The number of nitrogens with two attached hydrogens (primary N) is 1. The van der Waals surface area contributed by atoms with Gasteiger partial charge in [0.15, 0.2) is 0 Å². The normalized spacial score (nSPS) is 17.8. The SMILES string of the molecule is CC(C)c1cc(C2CC2)nc(C(N)C(C)C)n1. The molecule has 0 aromatic carbocycles. The van der Waals surface area contributed by atoms with Crippen molar-refractivity contribution in [2.75, 3.05) is 0 Å². The molecule has 3 heteroatoms. The highest BCUT2D eigenvalue weighted by Gasteiger charge is 2.27. The molecule has 1 aliphatic rings. The average Bonchev–Trinajstić information content (AvgIpc) is 3.11. The Morgan fingerprint density at radius 2 is 1.82 bits per heavy atom. The summed E-state index contributed by atoms with van der Waals surface area (Å²) in [5.41, 5.74) is 8.51. The number of hydrogen-bond donors (Lipinski definition) is 1. The standard InChI is InChI=1S/C14H23N3/c1-8(2)11-7-12(10-5-6-10)17-14(16-11)13(15)9(3)4/h7-10,13H,5-6,15H2,1-4H3. The van der Waals surface area contributed by atoms with Gasteiger partial charge in [0.25, 0.3) is 0 Å². The van der Waals surface area contributed by atoms with Crippen molar-refractivity contribution in [1.29, 1.82) is 0 Å². The summed E-state index contributed by atoms with van der Waals surface area (Å²) < 4.78 is 0. The zero-order valence-corrected chi connectivity index (χ0v) is 11.3. The molecule has 0 spiro atoms. The Labute approximate surface area is 104 Å². The molecule has 0 radical (unpaired) electrons. The monoisotopic (exact) mass is 233 g/mol. The summed E-state index contributed by atoms with van der Waals surface area (Å²) in [4.78, 5) is 9.29. The number of aromatic nitrogens is 2. The van der Waals surface area contributed by atoms with Crippen LogP contribution in [0.3, 0.4) is 0 Å². The first-order valence-corrected chi connectivity index (χ1v) is 6.63. The van der Waals surface area contributed by atoms with Crippen molar-refractivity contribution in [3.63, 3.8) is 0 Å². The molecule has 1 fully saturated rings. The number of rotatable bonds is 4. The van der Waals surface area contributed by atoms with Gasteiger partial charge in [-0.2, -0.15) is 0 Å². The molecular formula is C14H23N3. The molecular weight excluding hydrogens is 210 g/mol. The second kappa shape index (κ2) is 4.73. The highest BCUT2D eigenvalue weighted by molar-refractivity contribution is 5.22. The van der Waals surface area contributed by atoms with E-state index in [0.717, 1.165) is 11.5 Å². The lowest BCUT2D eigenvalue weighted by Crippen LogP contribution is -2.21. The lowest BCUT2D eigenvalue weighted by Gasteiger charge is -2.17. The van der Waals surface area contributed by atoms with E-state index >= 15 is 0 Å². The Kier molecular flexibility index (Phi) is 3.48. The summed E-state index contributed by atoms with van der Waals surface area (Å²) in [5.74, 6) is 2.31. The lowest BCUT2D eigenvalue weighted by molar-refractivity contribution is 0.485. The van der Waals surface area contributed by atoms with Crippen LogP contribution in [0.2, 0.25) is 0 Å². The minimum Gasteiger partial charge on any atom is -0.321 e. The van der Waals surface area contributed by atoms with Crippen LogP contribution < -0.4 is 5.73 Å². The zero-order chi connectivity index (χ0) is 12.6. The Morgan fingerprint density at radius 3 is 2.29 bits per heavy atom. The summed E-state index contributed by atoms with van der Waals surface area (Å²) in [6.07, 6.45) is 2.54. The van der Waals surface area contributed by atoms with E-state index in [1.807, 2.05) is 0 Å². The van der Waals surface area contributed by atoms with Crippen LogP contribution in [0, 0.1) is 5.92 Å². The minimum atomic E-state index is -0.0498. The second-order valence-corrected chi connectivity index (χ2v) is 5.77. The van der Waals surface area contributed by atoms with E-state index in [2.05, 4.69) is 43.7 Å². The quantitative estimate of drug-likeness (QED) is 0.869. The van der Waals surface area contributed by atoms with Gasteiger partial charge < -0.3 is 5.73 Å². The van der Waals surface area contributed by atoms with E-state index in [1.165, 1.54) is 18.5 Å². The highest BCUT2D eigenvalue weighted by Crippen LogP contribution is 2.39. The molecule has 0 aliphatic heterocycles. The highest BCUT2D eigenvalue weighted by atomic mass is 14.9. The Balaban J connectivity index is 2.36. The predicted octanol–water partition coefficient (Wildman–Crippen LogP) is 3.13. The smallest absolute Gasteiger partial charge is 0.145 e. The van der Waals surface area contributed by atoms with Crippen molar-refractivity contribution < 1.29 is 0 Å². The van der Waals surface area contributed by atoms with Gasteiger partial charge in [-0.1, -0.05) is 27.7 Å². The first-order valence-electron chi connectivity index (χ1n) is 6.63. The molecule has 3 nitrogen and oxygen atoms in total. The van der Waals surface area contributed by atoms with Gasteiger partial charge in [-0.15, -0.1) is 0 Å². The van der Waals surface area contributed by atoms with Crippen molar-refractivity contribution in [3.05, 3.63) is 23.3 Å². The average molecular weight is 233 g/mol. The largest absolute Gasteiger partial charge is 0.321 e. The minimum absolute atomic E-state index is 0.0498. The zero-order valence-electron chi connectivity index (χ0n) is 11.3. The van der Waals surface area contributed by atoms with Gasteiger partial charge >= 0.3 is 0 Å². The molecule has 1 aromatic heterocycles.